The van der Waals surface area contributed by atoms with Gasteiger partial charge in [-0.2, -0.15) is 0 Å². The minimum atomic E-state index is 0.0236. The topological polar surface area (TPSA) is 45.2 Å². The summed E-state index contributed by atoms with van der Waals surface area (Å²) in [5.74, 6) is 0.938. The maximum Gasteiger partial charge on any atom is 0.272 e. The van der Waals surface area contributed by atoms with Crippen molar-refractivity contribution in [2.75, 3.05) is 25.0 Å². The lowest BCUT2D eigenvalue weighted by Gasteiger charge is -2.26. The Hall–Kier alpha value is -1.58. The maximum absolute atomic E-state index is 12.5. The first-order valence-electron chi connectivity index (χ1n) is 7.43. The molecule has 4 nitrogen and oxygen atoms in total. The first kappa shape index (κ1) is 16.5. The molecule has 1 aromatic rings. The van der Waals surface area contributed by atoms with Gasteiger partial charge in [-0.05, 0) is 30.9 Å². The van der Waals surface area contributed by atoms with Gasteiger partial charge in [-0.25, -0.2) is 4.98 Å². The Morgan fingerprint density at radius 1 is 1.20 bits per heavy atom. The number of pyridine rings is 1. The van der Waals surface area contributed by atoms with Gasteiger partial charge in [0.2, 0.25) is 0 Å². The second-order valence-electron chi connectivity index (χ2n) is 5.96. The molecule has 4 heteroatoms. The number of amides is 1. The van der Waals surface area contributed by atoms with E-state index in [9.17, 15) is 4.79 Å². The zero-order chi connectivity index (χ0) is 15.1. The van der Waals surface area contributed by atoms with Crippen LogP contribution in [0.2, 0.25) is 0 Å². The highest BCUT2D eigenvalue weighted by molar-refractivity contribution is 5.92. The van der Waals surface area contributed by atoms with Crippen molar-refractivity contribution in [3.63, 3.8) is 0 Å². The summed E-state index contributed by atoms with van der Waals surface area (Å²) >= 11 is 0. The molecule has 0 fully saturated rings. The summed E-state index contributed by atoms with van der Waals surface area (Å²) in [5, 5.41) is 3.18. The van der Waals surface area contributed by atoms with E-state index in [0.717, 1.165) is 25.3 Å². The van der Waals surface area contributed by atoms with Crippen LogP contribution in [0.4, 0.5) is 5.69 Å². The second-order valence-corrected chi connectivity index (χ2v) is 5.96. The van der Waals surface area contributed by atoms with E-state index in [2.05, 4.69) is 38.0 Å². The van der Waals surface area contributed by atoms with Crippen LogP contribution in [0.1, 0.15) is 45.1 Å². The Morgan fingerprint density at radius 2 is 1.80 bits per heavy atom. The Kier molecular flexibility index (Phi) is 6.49. The van der Waals surface area contributed by atoms with Crippen LogP contribution in [0.15, 0.2) is 18.3 Å². The Labute approximate surface area is 122 Å². The minimum absolute atomic E-state index is 0.0236. The van der Waals surface area contributed by atoms with Crippen molar-refractivity contribution >= 4 is 11.6 Å². The van der Waals surface area contributed by atoms with Gasteiger partial charge < -0.3 is 10.2 Å². The van der Waals surface area contributed by atoms with Crippen LogP contribution >= 0.6 is 0 Å². The Morgan fingerprint density at radius 3 is 2.20 bits per heavy atom. The van der Waals surface area contributed by atoms with Crippen molar-refractivity contribution in [3.05, 3.63) is 24.0 Å². The lowest BCUT2D eigenvalue weighted by molar-refractivity contribution is 0.0709. The molecule has 0 bridgehead atoms. The first-order valence-corrected chi connectivity index (χ1v) is 7.43. The molecule has 0 saturated carbocycles. The number of carbonyl (C=O) groups is 1. The highest BCUT2D eigenvalue weighted by atomic mass is 16.2. The lowest BCUT2D eigenvalue weighted by atomic mass is 10.1. The van der Waals surface area contributed by atoms with E-state index in [4.69, 9.17) is 0 Å². The molecule has 1 amide bonds. The van der Waals surface area contributed by atoms with E-state index in [0.29, 0.717) is 17.5 Å². The number of nitrogens with zero attached hydrogens (tertiary/aromatic N) is 2. The summed E-state index contributed by atoms with van der Waals surface area (Å²) in [7, 11) is 0. The smallest absolute Gasteiger partial charge is 0.272 e. The molecule has 0 saturated heterocycles. The number of carbonyl (C=O) groups excluding carboxylic acids is 1. The number of rotatable bonds is 7. The van der Waals surface area contributed by atoms with Crippen molar-refractivity contribution in [2.24, 2.45) is 11.8 Å². The molecule has 1 heterocycles. The highest BCUT2D eigenvalue weighted by Gasteiger charge is 2.18. The van der Waals surface area contributed by atoms with Crippen LogP contribution in [0.5, 0.6) is 0 Å². The number of hydrogen-bond acceptors (Lipinski definition) is 3. The van der Waals surface area contributed by atoms with Crippen molar-refractivity contribution in [1.29, 1.82) is 0 Å². The van der Waals surface area contributed by atoms with E-state index >= 15 is 0 Å². The van der Waals surface area contributed by atoms with Crippen LogP contribution in [-0.4, -0.2) is 35.4 Å². The van der Waals surface area contributed by atoms with Crippen LogP contribution < -0.4 is 5.32 Å². The maximum atomic E-state index is 12.5. The van der Waals surface area contributed by atoms with Gasteiger partial charge in [0.25, 0.3) is 5.91 Å². The van der Waals surface area contributed by atoms with Gasteiger partial charge in [0.1, 0.15) is 5.69 Å². The summed E-state index contributed by atoms with van der Waals surface area (Å²) in [4.78, 5) is 18.7. The number of nitrogens with one attached hydrogen (secondary N) is 1. The minimum Gasteiger partial charge on any atom is -0.384 e. The molecule has 0 aliphatic rings. The van der Waals surface area contributed by atoms with Gasteiger partial charge in [0.15, 0.2) is 0 Å². The van der Waals surface area contributed by atoms with E-state index in [1.807, 2.05) is 17.9 Å². The van der Waals surface area contributed by atoms with Crippen LogP contribution in [0, 0.1) is 11.8 Å². The average molecular weight is 277 g/mol. The summed E-state index contributed by atoms with van der Waals surface area (Å²) in [5.41, 5.74) is 1.47. The predicted molar refractivity (Wildman–Crippen MR) is 84.0 cm³/mol. The molecule has 0 unspecified atom stereocenters. The van der Waals surface area contributed by atoms with E-state index in [1.165, 1.54) is 0 Å². The molecule has 0 aromatic carbocycles. The fourth-order valence-electron chi connectivity index (χ4n) is 2.11. The SMILES string of the molecule is CCNc1ccc(C(=O)N(CC(C)C)CC(C)C)nc1. The molecule has 0 radical (unpaired) electrons. The summed E-state index contributed by atoms with van der Waals surface area (Å²) in [6.45, 7) is 12.9. The second kappa shape index (κ2) is 7.88. The molecule has 20 heavy (non-hydrogen) atoms. The van der Waals surface area contributed by atoms with E-state index in [-0.39, 0.29) is 5.91 Å². The zero-order valence-corrected chi connectivity index (χ0v) is 13.3. The van der Waals surface area contributed by atoms with Gasteiger partial charge in [0, 0.05) is 19.6 Å². The molecule has 1 rings (SSSR count). The molecular formula is C16H27N3O. The van der Waals surface area contributed by atoms with Crippen molar-refractivity contribution in [1.82, 2.24) is 9.88 Å². The van der Waals surface area contributed by atoms with E-state index in [1.54, 1.807) is 12.3 Å². The highest BCUT2D eigenvalue weighted by Crippen LogP contribution is 2.11. The molecule has 0 aliphatic carbocycles. The first-order chi connectivity index (χ1) is 9.43. The zero-order valence-electron chi connectivity index (χ0n) is 13.3. The summed E-state index contributed by atoms with van der Waals surface area (Å²) in [6.07, 6.45) is 1.72. The Bertz CT molecular complexity index is 402. The molecule has 112 valence electrons. The normalized spacial score (nSPS) is 10.9. The largest absolute Gasteiger partial charge is 0.384 e. The van der Waals surface area contributed by atoms with Crippen molar-refractivity contribution < 1.29 is 4.79 Å². The summed E-state index contributed by atoms with van der Waals surface area (Å²) < 4.78 is 0. The molecule has 0 atom stereocenters. The molecule has 1 N–H and O–H groups in total. The van der Waals surface area contributed by atoms with Gasteiger partial charge in [-0.3, -0.25) is 4.79 Å². The van der Waals surface area contributed by atoms with Crippen molar-refractivity contribution in [3.8, 4) is 0 Å². The molecule has 0 aliphatic heterocycles. The fraction of sp³-hybridized carbons (Fsp3) is 0.625. The van der Waals surface area contributed by atoms with Crippen LogP contribution in [0.3, 0.4) is 0 Å². The number of aromatic nitrogens is 1. The number of hydrogen-bond donors (Lipinski definition) is 1. The molecule has 1 aromatic heterocycles. The predicted octanol–water partition coefficient (Wildman–Crippen LogP) is 3.27. The molecular weight excluding hydrogens is 250 g/mol. The van der Waals surface area contributed by atoms with Crippen LogP contribution in [0.25, 0.3) is 0 Å². The van der Waals surface area contributed by atoms with Gasteiger partial charge in [-0.1, -0.05) is 27.7 Å². The lowest BCUT2D eigenvalue weighted by Crippen LogP contribution is -2.37. The van der Waals surface area contributed by atoms with Crippen molar-refractivity contribution in [2.45, 2.75) is 34.6 Å². The van der Waals surface area contributed by atoms with Gasteiger partial charge in [0.05, 0.1) is 11.9 Å². The third-order valence-corrected chi connectivity index (χ3v) is 2.82. The van der Waals surface area contributed by atoms with Gasteiger partial charge in [-0.15, -0.1) is 0 Å². The summed E-state index contributed by atoms with van der Waals surface area (Å²) in [6, 6.07) is 3.71. The van der Waals surface area contributed by atoms with Crippen LogP contribution in [-0.2, 0) is 0 Å². The monoisotopic (exact) mass is 277 g/mol. The standard InChI is InChI=1S/C16H27N3O/c1-6-17-14-7-8-15(18-9-14)16(20)19(10-12(2)3)11-13(4)5/h7-9,12-13,17H,6,10-11H2,1-5H3. The molecule has 0 spiro atoms. The third kappa shape index (κ3) is 5.19. The van der Waals surface area contributed by atoms with E-state index < -0.39 is 0 Å². The fourth-order valence-corrected chi connectivity index (χ4v) is 2.11. The Balaban J connectivity index is 2.82. The van der Waals surface area contributed by atoms with Gasteiger partial charge >= 0.3 is 0 Å². The number of anilines is 1. The third-order valence-electron chi connectivity index (χ3n) is 2.82. The quantitative estimate of drug-likeness (QED) is 0.832. The average Bonchev–Trinajstić information content (AvgIpc) is 2.37.